The summed E-state index contributed by atoms with van der Waals surface area (Å²) in [6.07, 6.45) is 0. The van der Waals surface area contributed by atoms with Crippen molar-refractivity contribution in [2.45, 2.75) is 9.79 Å². The largest absolute Gasteiger partial charge is 0.280 e. The van der Waals surface area contributed by atoms with Crippen LogP contribution in [0.15, 0.2) is 58.3 Å². The molecular formula is C12H11FN2O4S2. The van der Waals surface area contributed by atoms with Crippen LogP contribution in [-0.4, -0.2) is 16.8 Å². The average Bonchev–Trinajstić information content (AvgIpc) is 2.37. The van der Waals surface area contributed by atoms with Crippen molar-refractivity contribution in [2.75, 3.05) is 4.72 Å². The molecule has 2 rings (SSSR count). The molecule has 0 aliphatic carbocycles. The standard InChI is InChI=1S/C12H11FN2O4S2/c13-9-3-1-4-10(7-9)15-21(18,19)12-6-2-5-11(8-12)20(14,16)17/h1-8,15H,(H2,14,16,17). The second kappa shape index (κ2) is 5.43. The van der Waals surface area contributed by atoms with Gasteiger partial charge in [0.25, 0.3) is 10.0 Å². The number of sulfonamides is 2. The minimum absolute atomic E-state index is 0.0241. The molecule has 0 spiro atoms. The number of nitrogens with two attached hydrogens (primary N) is 1. The third-order valence-corrected chi connectivity index (χ3v) is 4.81. The molecule has 9 heteroatoms. The Morgan fingerprint density at radius 3 is 2.14 bits per heavy atom. The Kier molecular flexibility index (Phi) is 3.99. The fourth-order valence-electron chi connectivity index (χ4n) is 1.58. The summed E-state index contributed by atoms with van der Waals surface area (Å²) >= 11 is 0. The summed E-state index contributed by atoms with van der Waals surface area (Å²) in [5.41, 5.74) is 0.0241. The van der Waals surface area contributed by atoms with Crippen LogP contribution < -0.4 is 9.86 Å². The summed E-state index contributed by atoms with van der Waals surface area (Å²) in [6, 6.07) is 9.43. The first-order chi connectivity index (χ1) is 9.68. The highest BCUT2D eigenvalue weighted by Crippen LogP contribution is 2.19. The van der Waals surface area contributed by atoms with E-state index in [9.17, 15) is 21.2 Å². The topological polar surface area (TPSA) is 106 Å². The van der Waals surface area contributed by atoms with E-state index in [0.29, 0.717) is 0 Å². The zero-order valence-corrected chi connectivity index (χ0v) is 12.2. The van der Waals surface area contributed by atoms with Crippen molar-refractivity contribution in [3.63, 3.8) is 0 Å². The van der Waals surface area contributed by atoms with E-state index in [-0.39, 0.29) is 15.5 Å². The van der Waals surface area contributed by atoms with Gasteiger partial charge in [0.05, 0.1) is 15.5 Å². The Morgan fingerprint density at radius 1 is 0.905 bits per heavy atom. The number of halogens is 1. The molecule has 0 aliphatic heterocycles. The van der Waals surface area contributed by atoms with Crippen LogP contribution in [0.4, 0.5) is 10.1 Å². The Bertz CT molecular complexity index is 880. The van der Waals surface area contributed by atoms with Crippen molar-refractivity contribution in [1.29, 1.82) is 0 Å². The minimum Gasteiger partial charge on any atom is -0.280 e. The zero-order chi connectivity index (χ0) is 15.7. The average molecular weight is 330 g/mol. The lowest BCUT2D eigenvalue weighted by atomic mass is 10.3. The fourth-order valence-corrected chi connectivity index (χ4v) is 3.31. The van der Waals surface area contributed by atoms with E-state index in [4.69, 9.17) is 5.14 Å². The summed E-state index contributed by atoms with van der Waals surface area (Å²) in [4.78, 5) is -0.622. The van der Waals surface area contributed by atoms with E-state index in [1.54, 1.807) is 0 Å². The molecule has 0 amide bonds. The van der Waals surface area contributed by atoms with Gasteiger partial charge in [-0.25, -0.2) is 26.4 Å². The van der Waals surface area contributed by atoms with Crippen molar-refractivity contribution >= 4 is 25.7 Å². The molecule has 0 bridgehead atoms. The summed E-state index contributed by atoms with van der Waals surface area (Å²) in [5, 5.41) is 4.95. The number of hydrogen-bond acceptors (Lipinski definition) is 4. The predicted octanol–water partition coefficient (Wildman–Crippen LogP) is 1.27. The quantitative estimate of drug-likeness (QED) is 0.880. The molecule has 0 saturated carbocycles. The molecule has 0 unspecified atom stereocenters. The third-order valence-electron chi connectivity index (χ3n) is 2.52. The van der Waals surface area contributed by atoms with E-state index >= 15 is 0 Å². The maximum Gasteiger partial charge on any atom is 0.261 e. The van der Waals surface area contributed by atoms with Crippen molar-refractivity contribution in [2.24, 2.45) is 5.14 Å². The Labute approximate surface area is 121 Å². The SMILES string of the molecule is NS(=O)(=O)c1cccc(S(=O)(=O)Nc2cccc(F)c2)c1. The van der Waals surface area contributed by atoms with Crippen LogP contribution >= 0.6 is 0 Å². The number of rotatable bonds is 4. The van der Waals surface area contributed by atoms with Crippen molar-refractivity contribution in [3.05, 3.63) is 54.3 Å². The lowest BCUT2D eigenvalue weighted by Gasteiger charge is -2.09. The molecule has 0 radical (unpaired) electrons. The highest BCUT2D eigenvalue weighted by molar-refractivity contribution is 7.93. The minimum atomic E-state index is -4.05. The molecular weight excluding hydrogens is 319 g/mol. The lowest BCUT2D eigenvalue weighted by Crippen LogP contribution is -2.16. The number of benzene rings is 2. The maximum absolute atomic E-state index is 13.0. The molecule has 0 aromatic heterocycles. The van der Waals surface area contributed by atoms with Gasteiger partial charge in [-0.15, -0.1) is 0 Å². The molecule has 0 saturated heterocycles. The first-order valence-corrected chi connectivity index (χ1v) is 8.63. The second-order valence-corrected chi connectivity index (χ2v) is 7.38. The van der Waals surface area contributed by atoms with Crippen molar-refractivity contribution < 1.29 is 21.2 Å². The van der Waals surface area contributed by atoms with Gasteiger partial charge in [-0.3, -0.25) is 4.72 Å². The number of hydrogen-bond donors (Lipinski definition) is 2. The number of nitrogens with one attached hydrogen (secondary N) is 1. The molecule has 0 aliphatic rings. The van der Waals surface area contributed by atoms with Gasteiger partial charge in [0.1, 0.15) is 5.82 Å². The van der Waals surface area contributed by atoms with Gasteiger partial charge in [0, 0.05) is 0 Å². The molecule has 21 heavy (non-hydrogen) atoms. The smallest absolute Gasteiger partial charge is 0.261 e. The van der Waals surface area contributed by atoms with Gasteiger partial charge in [0.15, 0.2) is 0 Å². The summed E-state index contributed by atoms with van der Waals surface area (Å²) in [7, 11) is -8.07. The van der Waals surface area contributed by atoms with Crippen LogP contribution in [0, 0.1) is 5.82 Å². The monoisotopic (exact) mass is 330 g/mol. The van der Waals surface area contributed by atoms with Crippen molar-refractivity contribution in [1.82, 2.24) is 0 Å². The van der Waals surface area contributed by atoms with E-state index < -0.39 is 25.9 Å². The van der Waals surface area contributed by atoms with E-state index in [2.05, 4.69) is 4.72 Å². The van der Waals surface area contributed by atoms with Gasteiger partial charge < -0.3 is 0 Å². The number of primary sulfonamides is 1. The molecule has 0 atom stereocenters. The van der Waals surface area contributed by atoms with Crippen LogP contribution in [0.3, 0.4) is 0 Å². The lowest BCUT2D eigenvalue weighted by molar-refractivity contribution is 0.597. The molecule has 2 aromatic carbocycles. The second-order valence-electron chi connectivity index (χ2n) is 4.14. The normalized spacial score (nSPS) is 12.1. The van der Waals surface area contributed by atoms with E-state index in [1.807, 2.05) is 0 Å². The van der Waals surface area contributed by atoms with Gasteiger partial charge >= 0.3 is 0 Å². The highest BCUT2D eigenvalue weighted by atomic mass is 32.2. The first kappa shape index (κ1) is 15.4. The number of anilines is 1. The third kappa shape index (κ3) is 3.78. The maximum atomic E-state index is 13.0. The molecule has 112 valence electrons. The zero-order valence-electron chi connectivity index (χ0n) is 10.5. The Hall–Kier alpha value is -1.97. The molecule has 6 nitrogen and oxygen atoms in total. The van der Waals surface area contributed by atoms with Crippen LogP contribution in [0.5, 0.6) is 0 Å². The molecule has 3 N–H and O–H groups in total. The van der Waals surface area contributed by atoms with Gasteiger partial charge in [0.2, 0.25) is 10.0 Å². The van der Waals surface area contributed by atoms with E-state index in [0.717, 1.165) is 12.1 Å². The fraction of sp³-hybridized carbons (Fsp3) is 0. The summed E-state index contributed by atoms with van der Waals surface area (Å²) in [5.74, 6) is -0.603. The predicted molar refractivity (Wildman–Crippen MR) is 75.0 cm³/mol. The van der Waals surface area contributed by atoms with Crippen LogP contribution in [0.1, 0.15) is 0 Å². The van der Waals surface area contributed by atoms with Crippen molar-refractivity contribution in [3.8, 4) is 0 Å². The van der Waals surface area contributed by atoms with Crippen LogP contribution in [0.2, 0.25) is 0 Å². The summed E-state index contributed by atoms with van der Waals surface area (Å²) < 4.78 is 61.9. The Morgan fingerprint density at radius 2 is 1.52 bits per heavy atom. The molecule has 0 heterocycles. The van der Waals surface area contributed by atoms with E-state index in [1.165, 1.54) is 36.4 Å². The summed E-state index contributed by atoms with van der Waals surface area (Å²) in [6.45, 7) is 0. The molecule has 0 fully saturated rings. The van der Waals surface area contributed by atoms with Crippen LogP contribution in [-0.2, 0) is 20.0 Å². The van der Waals surface area contributed by atoms with Gasteiger partial charge in [-0.2, -0.15) is 0 Å². The van der Waals surface area contributed by atoms with Crippen LogP contribution in [0.25, 0.3) is 0 Å². The van der Waals surface area contributed by atoms with Gasteiger partial charge in [-0.05, 0) is 36.4 Å². The highest BCUT2D eigenvalue weighted by Gasteiger charge is 2.17. The Balaban J connectivity index is 2.41. The first-order valence-electron chi connectivity index (χ1n) is 5.60. The molecule has 2 aromatic rings. The van der Waals surface area contributed by atoms with Gasteiger partial charge in [-0.1, -0.05) is 12.1 Å².